The molecule has 3 aromatic heterocycles. The summed E-state index contributed by atoms with van der Waals surface area (Å²) in [6.45, 7) is 15.4. The SMILES string of the molecule is CSc1cc(C)[nH]c(=O)c1CNC(=O)c1cc(Cl)c2c(c1C)O[C@@](C)(C1CCC(N(C)C)CC1)O2.CSc1cc(C)[nH]c(=O)c1CNC(=O)c1cc(Cl)c2c(c1C)O[C@@](C)(C1CCC(N(C)C)CC1)O2.CSc1cc(Cl)[nH]c(=O)c1CNC(=O)c1cc(Cl)c2c(c1C)O[C@@](C)(C1CCC(N(C)C)CC1)O2. The molecule has 3 fully saturated rings. The summed E-state index contributed by atoms with van der Waals surface area (Å²) in [5, 5.41) is 9.87. The first-order chi connectivity index (χ1) is 49.6. The molecule has 6 heterocycles. The number of benzene rings is 3. The van der Waals surface area contributed by atoms with Gasteiger partial charge in [-0.2, -0.15) is 0 Å². The van der Waals surface area contributed by atoms with Crippen molar-refractivity contribution in [3.63, 3.8) is 0 Å². The number of carbonyl (C=O) groups is 3. The van der Waals surface area contributed by atoms with E-state index in [0.29, 0.717) is 123 Å². The number of aromatic amines is 3. The van der Waals surface area contributed by atoms with Crippen molar-refractivity contribution < 1.29 is 42.8 Å². The van der Waals surface area contributed by atoms with Crippen molar-refractivity contribution in [3.05, 3.63) is 149 Å². The third kappa shape index (κ3) is 17.8. The fraction of sp³-hybridized carbons (Fsp3) is 0.532. The topological polar surface area (TPSA) is 251 Å². The van der Waals surface area contributed by atoms with Crippen LogP contribution in [0.25, 0.3) is 0 Å². The first-order valence-corrected chi connectivity index (χ1v) is 40.8. The van der Waals surface area contributed by atoms with E-state index in [1.807, 2.05) is 86.3 Å². The monoisotopic (exact) mass is 1580 g/mol. The number of fused-ring (bicyclic) bond motifs is 3. The molecule has 3 atom stereocenters. The number of H-pyrrole nitrogens is 3. The summed E-state index contributed by atoms with van der Waals surface area (Å²) in [7, 11) is 12.7. The molecule has 12 rings (SSSR count). The van der Waals surface area contributed by atoms with Gasteiger partial charge in [0, 0.05) is 147 Å². The van der Waals surface area contributed by atoms with E-state index >= 15 is 0 Å². The van der Waals surface area contributed by atoms with Crippen LogP contribution in [-0.4, -0.2) is 144 Å². The van der Waals surface area contributed by atoms with E-state index in [0.717, 1.165) is 98.2 Å². The Balaban J connectivity index is 0.000000169. The molecular formula is C77H99Cl4N9O12S3. The number of nitrogens with one attached hydrogen (secondary N) is 6. The highest BCUT2D eigenvalue weighted by molar-refractivity contribution is 7.99. The van der Waals surface area contributed by atoms with Crippen LogP contribution in [-0.2, 0) is 19.6 Å². The molecule has 28 heteroatoms. The molecule has 105 heavy (non-hydrogen) atoms. The number of nitrogens with zero attached hydrogens (tertiary/aromatic N) is 3. The average molecular weight is 1580 g/mol. The maximum absolute atomic E-state index is 13.1. The Morgan fingerprint density at radius 2 is 0.657 bits per heavy atom. The van der Waals surface area contributed by atoms with Gasteiger partial charge in [0.2, 0.25) is 0 Å². The molecule has 0 saturated heterocycles. The van der Waals surface area contributed by atoms with Crippen LogP contribution in [0.15, 0.2) is 65.5 Å². The van der Waals surface area contributed by atoms with E-state index in [1.165, 1.54) is 35.3 Å². The Morgan fingerprint density at radius 1 is 0.410 bits per heavy atom. The second kappa shape index (κ2) is 33.7. The Hall–Kier alpha value is -6.19. The predicted octanol–water partition coefficient (Wildman–Crippen LogP) is 15.1. The zero-order valence-corrected chi connectivity index (χ0v) is 68.5. The van der Waals surface area contributed by atoms with Crippen molar-refractivity contribution in [2.75, 3.05) is 61.1 Å². The van der Waals surface area contributed by atoms with Crippen molar-refractivity contribution in [2.45, 2.75) is 202 Å². The molecule has 3 saturated carbocycles. The van der Waals surface area contributed by atoms with E-state index < -0.39 is 17.4 Å². The Kier molecular flexibility index (Phi) is 26.1. The number of pyridine rings is 3. The van der Waals surface area contributed by atoms with Gasteiger partial charge >= 0.3 is 0 Å². The minimum atomic E-state index is -0.826. The lowest BCUT2D eigenvalue weighted by Gasteiger charge is -2.39. The quantitative estimate of drug-likeness (QED) is 0.0346. The summed E-state index contributed by atoms with van der Waals surface area (Å²) >= 11 is 30.0. The van der Waals surface area contributed by atoms with Gasteiger partial charge in [-0.1, -0.05) is 46.4 Å². The van der Waals surface area contributed by atoms with Crippen LogP contribution in [0, 0.1) is 52.4 Å². The smallest absolute Gasteiger partial charge is 0.255 e. The van der Waals surface area contributed by atoms with Crippen molar-refractivity contribution in [1.29, 1.82) is 0 Å². The third-order valence-corrected chi connectivity index (χ3v) is 25.3. The average Bonchev–Trinajstić information content (AvgIpc) is 1.61. The largest absolute Gasteiger partial charge is 0.448 e. The van der Waals surface area contributed by atoms with Crippen LogP contribution in [0.3, 0.4) is 0 Å². The molecule has 570 valence electrons. The van der Waals surface area contributed by atoms with Crippen LogP contribution in [0.2, 0.25) is 20.2 Å². The van der Waals surface area contributed by atoms with Crippen LogP contribution >= 0.6 is 81.7 Å². The maximum atomic E-state index is 13.1. The number of thioether (sulfide) groups is 3. The number of hydrogen-bond donors (Lipinski definition) is 6. The van der Waals surface area contributed by atoms with Gasteiger partial charge < -0.3 is 74.0 Å². The van der Waals surface area contributed by atoms with E-state index in [-0.39, 0.29) is 76.9 Å². The zero-order valence-electron chi connectivity index (χ0n) is 63.0. The normalized spacial score (nSPS) is 23.5. The van der Waals surface area contributed by atoms with Crippen molar-refractivity contribution >= 4 is 99.4 Å². The molecule has 3 aliphatic heterocycles. The summed E-state index contributed by atoms with van der Waals surface area (Å²) in [6, 6.07) is 12.1. The van der Waals surface area contributed by atoms with E-state index in [4.69, 9.17) is 74.8 Å². The fourth-order valence-corrected chi connectivity index (χ4v) is 18.4. The van der Waals surface area contributed by atoms with Gasteiger partial charge in [-0.3, -0.25) is 28.8 Å². The predicted molar refractivity (Wildman–Crippen MR) is 420 cm³/mol. The van der Waals surface area contributed by atoms with Gasteiger partial charge in [0.15, 0.2) is 34.5 Å². The second-order valence-corrected chi connectivity index (χ2v) is 33.5. The maximum Gasteiger partial charge on any atom is 0.255 e. The molecule has 0 bridgehead atoms. The minimum Gasteiger partial charge on any atom is -0.448 e. The number of ether oxygens (including phenoxy) is 6. The summed E-state index contributed by atoms with van der Waals surface area (Å²) in [6.07, 6.45) is 18.2. The lowest BCUT2D eigenvalue weighted by molar-refractivity contribution is -0.123. The number of carbonyl (C=O) groups excluding carboxylic acids is 3. The molecular weight excluding hydrogens is 1480 g/mol. The molecule has 0 unspecified atom stereocenters. The molecule has 6 aliphatic rings. The number of amides is 3. The molecule has 21 nitrogen and oxygen atoms in total. The Morgan fingerprint density at radius 3 is 0.914 bits per heavy atom. The summed E-state index contributed by atoms with van der Waals surface area (Å²) in [5.74, 6) is 0.291. The second-order valence-electron chi connectivity index (χ2n) is 29.3. The number of rotatable bonds is 18. The van der Waals surface area contributed by atoms with Crippen molar-refractivity contribution in [1.82, 2.24) is 45.6 Å². The molecule has 6 N–H and O–H groups in total. The summed E-state index contributed by atoms with van der Waals surface area (Å²) in [5.41, 5.74) is 5.55. The zero-order chi connectivity index (χ0) is 76.5. The number of aryl methyl sites for hydroxylation is 2. The van der Waals surface area contributed by atoms with Crippen LogP contribution in [0.4, 0.5) is 0 Å². The van der Waals surface area contributed by atoms with E-state index in [1.54, 1.807) is 24.3 Å². The lowest BCUT2D eigenvalue weighted by atomic mass is 9.81. The molecule has 3 amide bonds. The van der Waals surface area contributed by atoms with Gasteiger partial charge in [0.25, 0.3) is 51.8 Å². The molecule has 0 spiro atoms. The van der Waals surface area contributed by atoms with Gasteiger partial charge in [0.1, 0.15) is 5.15 Å². The van der Waals surface area contributed by atoms with Crippen LogP contribution in [0.5, 0.6) is 34.5 Å². The fourth-order valence-electron chi connectivity index (χ4n) is 15.3. The molecule has 0 radical (unpaired) electrons. The van der Waals surface area contributed by atoms with Crippen molar-refractivity contribution in [3.8, 4) is 34.5 Å². The van der Waals surface area contributed by atoms with Gasteiger partial charge in [-0.25, -0.2) is 0 Å². The molecule has 3 aromatic carbocycles. The number of hydrogen-bond acceptors (Lipinski definition) is 18. The summed E-state index contributed by atoms with van der Waals surface area (Å²) < 4.78 is 38.1. The van der Waals surface area contributed by atoms with Crippen LogP contribution < -0.4 is 61.0 Å². The molecule has 3 aliphatic carbocycles. The summed E-state index contributed by atoms with van der Waals surface area (Å²) in [4.78, 5) is 94.0. The third-order valence-electron chi connectivity index (χ3n) is 21.8. The lowest BCUT2D eigenvalue weighted by Crippen LogP contribution is -2.46. The highest BCUT2D eigenvalue weighted by atomic mass is 35.5. The van der Waals surface area contributed by atoms with Gasteiger partial charge in [-0.15, -0.1) is 35.3 Å². The van der Waals surface area contributed by atoms with Crippen molar-refractivity contribution in [2.24, 2.45) is 17.8 Å². The highest BCUT2D eigenvalue weighted by Crippen LogP contribution is 2.55. The number of halogens is 4. The minimum absolute atomic E-state index is 0.0554. The van der Waals surface area contributed by atoms with Gasteiger partial charge in [-0.05, 0) is 209 Å². The first-order valence-electron chi connectivity index (χ1n) is 35.6. The van der Waals surface area contributed by atoms with Gasteiger partial charge in [0.05, 0.1) is 20.6 Å². The highest BCUT2D eigenvalue weighted by Gasteiger charge is 2.51. The van der Waals surface area contributed by atoms with Crippen LogP contribution in [0.1, 0.15) is 174 Å². The van der Waals surface area contributed by atoms with E-state index in [9.17, 15) is 28.8 Å². The standard InChI is InChI=1S/2C26H34ClN3O4S.C25H31Cl2N3O4S/c2*1-14-11-21(35-6)19(25(32)29-14)13-28-24(31)18-12-20(27)23-22(15(18)2)33-26(3,34-23)16-7-9-17(10-8-16)30(4)5;1-13-16(23(31)28-12-17-19(35-5)11-20(27)29-24(17)32)10-18(26)22-21(13)33-25(2,34-22)14-6-8-15(9-7-14)30(3)4/h2*11-12,16-17H,7-10,13H2,1-6H3,(H,28,31)(H,29,32);10-11,14-15H,6-9,12H2,1-5H3,(H,28,31)(H,29,32)/t2*16?,17?,26-;14?,15?,25-/m111/s1. The Labute approximate surface area is 648 Å². The van der Waals surface area contributed by atoms with E-state index in [2.05, 4.69) is 87.9 Å². The molecule has 6 aromatic rings. The first kappa shape index (κ1) is 81.3. The Bertz CT molecular complexity index is 4010. The number of aromatic nitrogens is 3.